The minimum absolute atomic E-state index is 0.0927. The van der Waals surface area contributed by atoms with Gasteiger partial charge < -0.3 is 15.5 Å². The standard InChI is InChI=1S/C13H17BrFN3O/c1-9(19)17-3-2-4-18(6-5-17)13-7-10(14)11(15)8-12(13)16/h7-8H,2-6,16H2,1H3. The van der Waals surface area contributed by atoms with Gasteiger partial charge in [-0.15, -0.1) is 0 Å². The monoisotopic (exact) mass is 329 g/mol. The van der Waals surface area contributed by atoms with Crippen LogP contribution >= 0.6 is 15.9 Å². The Morgan fingerprint density at radius 2 is 2.05 bits per heavy atom. The van der Waals surface area contributed by atoms with E-state index in [0.29, 0.717) is 23.2 Å². The van der Waals surface area contributed by atoms with Crippen molar-refractivity contribution >= 4 is 33.2 Å². The number of nitrogens with two attached hydrogens (primary N) is 1. The molecule has 1 amide bonds. The first-order valence-corrected chi connectivity index (χ1v) is 7.03. The molecule has 1 fully saturated rings. The molecule has 6 heteroatoms. The van der Waals surface area contributed by atoms with Gasteiger partial charge in [-0.05, 0) is 28.4 Å². The number of hydrogen-bond acceptors (Lipinski definition) is 3. The summed E-state index contributed by atoms with van der Waals surface area (Å²) in [7, 11) is 0. The van der Waals surface area contributed by atoms with Crippen LogP contribution in [0, 0.1) is 5.82 Å². The van der Waals surface area contributed by atoms with Crippen molar-refractivity contribution in [2.24, 2.45) is 0 Å². The van der Waals surface area contributed by atoms with Gasteiger partial charge in [0.15, 0.2) is 0 Å². The molecule has 2 N–H and O–H groups in total. The molecular weight excluding hydrogens is 313 g/mol. The maximum atomic E-state index is 13.4. The van der Waals surface area contributed by atoms with E-state index in [1.165, 1.54) is 6.07 Å². The molecule has 0 aromatic heterocycles. The van der Waals surface area contributed by atoms with Crippen molar-refractivity contribution in [3.63, 3.8) is 0 Å². The Bertz CT molecular complexity index is 495. The molecule has 1 heterocycles. The van der Waals surface area contributed by atoms with Crippen LogP contribution in [0.5, 0.6) is 0 Å². The zero-order valence-corrected chi connectivity index (χ0v) is 12.4. The Morgan fingerprint density at radius 1 is 1.32 bits per heavy atom. The maximum Gasteiger partial charge on any atom is 0.219 e. The number of nitrogen functional groups attached to an aromatic ring is 1. The number of anilines is 2. The van der Waals surface area contributed by atoms with Crippen molar-refractivity contribution in [1.29, 1.82) is 0 Å². The van der Waals surface area contributed by atoms with E-state index in [0.717, 1.165) is 25.2 Å². The van der Waals surface area contributed by atoms with E-state index >= 15 is 0 Å². The molecule has 0 unspecified atom stereocenters. The fraction of sp³-hybridized carbons (Fsp3) is 0.462. The van der Waals surface area contributed by atoms with E-state index < -0.39 is 0 Å². The first-order valence-electron chi connectivity index (χ1n) is 6.24. The van der Waals surface area contributed by atoms with Crippen molar-refractivity contribution in [3.05, 3.63) is 22.4 Å². The molecule has 1 aromatic carbocycles. The lowest BCUT2D eigenvalue weighted by Crippen LogP contribution is -2.33. The van der Waals surface area contributed by atoms with Crippen LogP contribution in [0.4, 0.5) is 15.8 Å². The summed E-state index contributed by atoms with van der Waals surface area (Å²) in [6, 6.07) is 3.03. The average molecular weight is 330 g/mol. The van der Waals surface area contributed by atoms with Crippen molar-refractivity contribution < 1.29 is 9.18 Å². The van der Waals surface area contributed by atoms with Gasteiger partial charge >= 0.3 is 0 Å². The third kappa shape index (κ3) is 3.18. The van der Waals surface area contributed by atoms with Gasteiger partial charge in [0, 0.05) is 39.2 Å². The van der Waals surface area contributed by atoms with Crippen LogP contribution in [0.1, 0.15) is 13.3 Å². The van der Waals surface area contributed by atoms with E-state index in [4.69, 9.17) is 5.73 Å². The topological polar surface area (TPSA) is 49.6 Å². The largest absolute Gasteiger partial charge is 0.397 e. The molecule has 2 rings (SSSR count). The Morgan fingerprint density at radius 3 is 2.74 bits per heavy atom. The van der Waals surface area contributed by atoms with Crippen LogP contribution in [0.3, 0.4) is 0 Å². The molecule has 0 atom stereocenters. The summed E-state index contributed by atoms with van der Waals surface area (Å²) in [5.74, 6) is -0.267. The summed E-state index contributed by atoms with van der Waals surface area (Å²) in [5, 5.41) is 0. The lowest BCUT2D eigenvalue weighted by atomic mass is 10.2. The minimum atomic E-state index is -0.360. The highest BCUT2D eigenvalue weighted by Gasteiger charge is 2.19. The van der Waals surface area contributed by atoms with Gasteiger partial charge in [-0.1, -0.05) is 0 Å². The van der Waals surface area contributed by atoms with Crippen molar-refractivity contribution in [1.82, 2.24) is 4.90 Å². The molecule has 4 nitrogen and oxygen atoms in total. The smallest absolute Gasteiger partial charge is 0.219 e. The van der Waals surface area contributed by atoms with Crippen molar-refractivity contribution in [3.8, 4) is 0 Å². The highest BCUT2D eigenvalue weighted by molar-refractivity contribution is 9.10. The average Bonchev–Trinajstić information content (AvgIpc) is 2.59. The van der Waals surface area contributed by atoms with Crippen LogP contribution in [-0.2, 0) is 4.79 Å². The summed E-state index contributed by atoms with van der Waals surface area (Å²) in [5.41, 5.74) is 7.13. The SMILES string of the molecule is CC(=O)N1CCCN(c2cc(Br)c(F)cc2N)CC1. The van der Waals surface area contributed by atoms with Crippen molar-refractivity contribution in [2.75, 3.05) is 36.8 Å². The van der Waals surface area contributed by atoms with Gasteiger partial charge in [-0.2, -0.15) is 0 Å². The first kappa shape index (κ1) is 14.1. The number of amides is 1. The lowest BCUT2D eigenvalue weighted by Gasteiger charge is -2.25. The van der Waals surface area contributed by atoms with E-state index in [2.05, 4.69) is 20.8 Å². The molecule has 1 aliphatic heterocycles. The predicted octanol–water partition coefficient (Wildman–Crippen LogP) is 2.23. The number of carbonyl (C=O) groups excluding carboxylic acids is 1. The first-order chi connectivity index (χ1) is 8.99. The fourth-order valence-corrected chi connectivity index (χ4v) is 2.63. The van der Waals surface area contributed by atoms with Gasteiger partial charge in [0.2, 0.25) is 5.91 Å². The molecule has 1 saturated heterocycles. The zero-order valence-electron chi connectivity index (χ0n) is 10.8. The molecular formula is C13H17BrFN3O. The second-order valence-corrected chi connectivity index (χ2v) is 5.53. The predicted molar refractivity (Wildman–Crippen MR) is 77.6 cm³/mol. The van der Waals surface area contributed by atoms with Crippen LogP contribution in [-0.4, -0.2) is 37.0 Å². The van der Waals surface area contributed by atoms with Gasteiger partial charge in [0.05, 0.1) is 15.8 Å². The Kier molecular flexibility index (Phi) is 4.29. The zero-order chi connectivity index (χ0) is 14.0. The van der Waals surface area contributed by atoms with Crippen LogP contribution < -0.4 is 10.6 Å². The van der Waals surface area contributed by atoms with Crippen molar-refractivity contribution in [2.45, 2.75) is 13.3 Å². The molecule has 0 radical (unpaired) electrons. The molecule has 0 saturated carbocycles. The molecule has 0 spiro atoms. The van der Waals surface area contributed by atoms with Crippen LogP contribution in [0.15, 0.2) is 16.6 Å². The van der Waals surface area contributed by atoms with Gasteiger partial charge in [0.1, 0.15) is 5.82 Å². The van der Waals surface area contributed by atoms with E-state index in [1.54, 1.807) is 13.0 Å². The van der Waals surface area contributed by atoms with Gasteiger partial charge in [-0.25, -0.2) is 4.39 Å². The maximum absolute atomic E-state index is 13.4. The summed E-state index contributed by atoms with van der Waals surface area (Å²) in [6.07, 6.45) is 0.883. The summed E-state index contributed by atoms with van der Waals surface area (Å²) in [6.45, 7) is 4.53. The van der Waals surface area contributed by atoms with E-state index in [-0.39, 0.29) is 11.7 Å². The molecule has 104 valence electrons. The third-order valence-corrected chi connectivity index (χ3v) is 3.96. The van der Waals surface area contributed by atoms with E-state index in [1.807, 2.05) is 4.90 Å². The fourth-order valence-electron chi connectivity index (χ4n) is 2.30. The summed E-state index contributed by atoms with van der Waals surface area (Å²) in [4.78, 5) is 15.3. The third-order valence-electron chi connectivity index (χ3n) is 3.35. The van der Waals surface area contributed by atoms with Gasteiger partial charge in [-0.3, -0.25) is 4.79 Å². The van der Waals surface area contributed by atoms with Gasteiger partial charge in [0.25, 0.3) is 0 Å². The number of nitrogens with zero attached hydrogens (tertiary/aromatic N) is 2. The number of hydrogen-bond donors (Lipinski definition) is 1. The lowest BCUT2D eigenvalue weighted by molar-refractivity contribution is -0.128. The number of benzene rings is 1. The highest BCUT2D eigenvalue weighted by Crippen LogP contribution is 2.30. The Hall–Kier alpha value is -1.30. The molecule has 1 aromatic rings. The molecule has 1 aliphatic rings. The second-order valence-electron chi connectivity index (χ2n) is 4.67. The second kappa shape index (κ2) is 5.77. The van der Waals surface area contributed by atoms with Crippen LogP contribution in [0.2, 0.25) is 0 Å². The Labute approximate surface area is 120 Å². The quantitative estimate of drug-likeness (QED) is 0.804. The molecule has 0 aliphatic carbocycles. The summed E-state index contributed by atoms with van der Waals surface area (Å²) >= 11 is 3.18. The highest BCUT2D eigenvalue weighted by atomic mass is 79.9. The van der Waals surface area contributed by atoms with E-state index in [9.17, 15) is 9.18 Å². The molecule has 0 bridgehead atoms. The normalized spacial score (nSPS) is 16.4. The number of halogens is 2. The Balaban J connectivity index is 2.18. The van der Waals surface area contributed by atoms with Crippen LogP contribution in [0.25, 0.3) is 0 Å². The number of rotatable bonds is 1. The molecule has 19 heavy (non-hydrogen) atoms. The number of carbonyl (C=O) groups is 1. The minimum Gasteiger partial charge on any atom is -0.397 e. The summed E-state index contributed by atoms with van der Waals surface area (Å²) < 4.78 is 13.8.